The average Bonchev–Trinajstić information content (AvgIpc) is 2.86. The highest BCUT2D eigenvalue weighted by atomic mass is 32.2. The van der Waals surface area contributed by atoms with E-state index in [-0.39, 0.29) is 11.3 Å². The van der Waals surface area contributed by atoms with Gasteiger partial charge in [-0.3, -0.25) is 4.57 Å². The number of carbonyl (C=O) groups is 1. The number of aromatic carboxylic acids is 1. The highest BCUT2D eigenvalue weighted by Gasteiger charge is 2.09. The van der Waals surface area contributed by atoms with Crippen LogP contribution >= 0.6 is 11.8 Å². The second-order valence-electron chi connectivity index (χ2n) is 4.58. The molecule has 0 bridgehead atoms. The maximum absolute atomic E-state index is 11.7. The van der Waals surface area contributed by atoms with Crippen molar-refractivity contribution in [2.75, 3.05) is 13.7 Å². The van der Waals surface area contributed by atoms with E-state index in [4.69, 9.17) is 4.74 Å². The first-order chi connectivity index (χ1) is 10.6. The van der Waals surface area contributed by atoms with Crippen molar-refractivity contribution >= 4 is 17.7 Å². The van der Waals surface area contributed by atoms with E-state index in [1.165, 1.54) is 23.9 Å². The minimum Gasteiger partial charge on any atom is -0.545 e. The number of hydrogen-bond acceptors (Lipinski definition) is 6. The minimum atomic E-state index is -1.20. The molecule has 0 spiro atoms. The summed E-state index contributed by atoms with van der Waals surface area (Å²) in [5.74, 6) is -0.611. The van der Waals surface area contributed by atoms with E-state index < -0.39 is 5.97 Å². The van der Waals surface area contributed by atoms with Crippen LogP contribution in [0.15, 0.2) is 34.2 Å². The first kappa shape index (κ1) is 16.3. The third kappa shape index (κ3) is 4.22. The van der Waals surface area contributed by atoms with Crippen molar-refractivity contribution in [1.82, 2.24) is 14.8 Å². The van der Waals surface area contributed by atoms with Crippen LogP contribution in [0.1, 0.15) is 22.3 Å². The predicted octanol–water partition coefficient (Wildman–Crippen LogP) is 0.264. The molecule has 0 unspecified atom stereocenters. The standard InChI is InChI=1S/C14H17N3O4S/c1-21-8-2-7-17-13(20)15-16-14(17)22-9-10-3-5-11(6-4-10)12(18)19/h3-6H,2,7-9H2,1H3,(H,15,20)(H,18,19)/p-1. The van der Waals surface area contributed by atoms with Gasteiger partial charge in [0, 0.05) is 26.0 Å². The Kier molecular flexibility index (Phi) is 5.79. The van der Waals surface area contributed by atoms with Crippen LogP contribution in [0.3, 0.4) is 0 Å². The van der Waals surface area contributed by atoms with Gasteiger partial charge < -0.3 is 14.6 Å². The third-order valence-electron chi connectivity index (χ3n) is 3.01. The average molecular weight is 322 g/mol. The number of benzene rings is 1. The summed E-state index contributed by atoms with van der Waals surface area (Å²) in [7, 11) is 1.62. The SMILES string of the molecule is COCCCn1c(SCc2ccc(C(=O)[O-])cc2)n[nH]c1=O. The Morgan fingerprint density at radius 2 is 2.14 bits per heavy atom. The fourth-order valence-corrected chi connectivity index (χ4v) is 2.79. The van der Waals surface area contributed by atoms with Crippen molar-refractivity contribution in [1.29, 1.82) is 0 Å². The van der Waals surface area contributed by atoms with Crippen LogP contribution in [0.5, 0.6) is 0 Å². The molecule has 0 radical (unpaired) electrons. The predicted molar refractivity (Wildman–Crippen MR) is 79.7 cm³/mol. The Labute approximate surface area is 131 Å². The van der Waals surface area contributed by atoms with Gasteiger partial charge in [-0.15, -0.1) is 5.10 Å². The van der Waals surface area contributed by atoms with Crippen molar-refractivity contribution in [3.8, 4) is 0 Å². The quantitative estimate of drug-likeness (QED) is 0.553. The van der Waals surface area contributed by atoms with Crippen LogP contribution < -0.4 is 10.8 Å². The molecule has 8 heteroatoms. The van der Waals surface area contributed by atoms with Gasteiger partial charge in [0.05, 0.1) is 5.97 Å². The van der Waals surface area contributed by atoms with Crippen molar-refractivity contribution in [2.24, 2.45) is 0 Å². The molecule has 0 aliphatic carbocycles. The van der Waals surface area contributed by atoms with Crippen LogP contribution in [0.4, 0.5) is 0 Å². The number of H-pyrrole nitrogens is 1. The Bertz CT molecular complexity index is 678. The molecule has 0 aliphatic rings. The van der Waals surface area contributed by atoms with Crippen molar-refractivity contribution in [3.05, 3.63) is 45.9 Å². The molecule has 0 saturated carbocycles. The van der Waals surface area contributed by atoms with Gasteiger partial charge in [-0.25, -0.2) is 9.89 Å². The number of nitrogens with one attached hydrogen (secondary N) is 1. The molecule has 0 aliphatic heterocycles. The smallest absolute Gasteiger partial charge is 0.343 e. The number of carboxylic acid groups (broad SMARTS) is 1. The molecule has 22 heavy (non-hydrogen) atoms. The van der Waals surface area contributed by atoms with Crippen LogP contribution in [0.2, 0.25) is 0 Å². The zero-order valence-corrected chi connectivity index (χ0v) is 12.9. The van der Waals surface area contributed by atoms with Crippen LogP contribution in [-0.2, 0) is 17.0 Å². The van der Waals surface area contributed by atoms with E-state index in [0.717, 1.165) is 12.0 Å². The van der Waals surface area contributed by atoms with Gasteiger partial charge >= 0.3 is 5.69 Å². The minimum absolute atomic E-state index is 0.144. The van der Waals surface area contributed by atoms with Gasteiger partial charge in [-0.2, -0.15) is 0 Å². The number of carboxylic acids is 1. The van der Waals surface area contributed by atoms with E-state index in [2.05, 4.69) is 10.2 Å². The lowest BCUT2D eigenvalue weighted by atomic mass is 10.1. The fourth-order valence-electron chi connectivity index (χ4n) is 1.86. The first-order valence-electron chi connectivity index (χ1n) is 6.69. The summed E-state index contributed by atoms with van der Waals surface area (Å²) >= 11 is 1.41. The zero-order chi connectivity index (χ0) is 15.9. The second kappa shape index (κ2) is 7.81. The van der Waals surface area contributed by atoms with E-state index in [1.54, 1.807) is 23.8 Å². The highest BCUT2D eigenvalue weighted by molar-refractivity contribution is 7.98. The summed E-state index contributed by atoms with van der Waals surface area (Å²) in [5.41, 5.74) is 0.838. The van der Waals surface area contributed by atoms with Crippen molar-refractivity contribution < 1.29 is 14.6 Å². The van der Waals surface area contributed by atoms with Gasteiger partial charge in [-0.1, -0.05) is 36.0 Å². The molecule has 2 rings (SSSR count). The lowest BCUT2D eigenvalue weighted by Crippen LogP contribution is -2.21. The van der Waals surface area contributed by atoms with Crippen LogP contribution in [0, 0.1) is 0 Å². The summed E-state index contributed by atoms with van der Waals surface area (Å²) in [6.45, 7) is 1.11. The molecule has 0 fully saturated rings. The van der Waals surface area contributed by atoms with Crippen LogP contribution in [0.25, 0.3) is 0 Å². The van der Waals surface area contributed by atoms with E-state index in [1.807, 2.05) is 0 Å². The lowest BCUT2D eigenvalue weighted by Gasteiger charge is -2.06. The van der Waals surface area contributed by atoms with Crippen molar-refractivity contribution in [3.63, 3.8) is 0 Å². The lowest BCUT2D eigenvalue weighted by molar-refractivity contribution is -0.255. The third-order valence-corrected chi connectivity index (χ3v) is 4.06. The summed E-state index contributed by atoms with van der Waals surface area (Å²) in [5, 5.41) is 17.7. The molecule has 0 atom stereocenters. The van der Waals surface area contributed by atoms with Crippen molar-refractivity contribution in [2.45, 2.75) is 23.9 Å². The summed E-state index contributed by atoms with van der Waals surface area (Å²) in [6.07, 6.45) is 0.726. The van der Waals surface area contributed by atoms with Crippen LogP contribution in [-0.4, -0.2) is 34.5 Å². The maximum Gasteiger partial charge on any atom is 0.343 e. The first-order valence-corrected chi connectivity index (χ1v) is 7.67. The van der Waals surface area contributed by atoms with E-state index >= 15 is 0 Å². The topological polar surface area (TPSA) is 100 Å². The summed E-state index contributed by atoms with van der Waals surface area (Å²) in [6, 6.07) is 6.44. The molecular formula is C14H16N3O4S-. The van der Waals surface area contributed by atoms with Gasteiger partial charge in [0.1, 0.15) is 0 Å². The number of hydrogen-bond donors (Lipinski definition) is 1. The number of carbonyl (C=O) groups excluding carboxylic acids is 1. The molecule has 1 aromatic heterocycles. The molecule has 118 valence electrons. The van der Waals surface area contributed by atoms with Gasteiger partial charge in [0.15, 0.2) is 5.16 Å². The Hall–Kier alpha value is -2.06. The highest BCUT2D eigenvalue weighted by Crippen LogP contribution is 2.20. The normalized spacial score (nSPS) is 10.8. The fraction of sp³-hybridized carbons (Fsp3) is 0.357. The number of nitrogens with zero attached hydrogens (tertiary/aromatic N) is 2. The maximum atomic E-state index is 11.7. The van der Waals surface area contributed by atoms with Gasteiger partial charge in [0.25, 0.3) is 0 Å². The summed E-state index contributed by atoms with van der Waals surface area (Å²) in [4.78, 5) is 22.4. The van der Waals surface area contributed by atoms with Gasteiger partial charge in [0.2, 0.25) is 0 Å². The van der Waals surface area contributed by atoms with E-state index in [9.17, 15) is 14.7 Å². The molecule has 0 amide bonds. The number of aromatic amines is 1. The summed E-state index contributed by atoms with van der Waals surface area (Å²) < 4.78 is 6.54. The number of aromatic nitrogens is 3. The largest absolute Gasteiger partial charge is 0.545 e. The number of ether oxygens (including phenoxy) is 1. The van der Waals surface area contributed by atoms with Gasteiger partial charge in [-0.05, 0) is 17.5 Å². The molecule has 1 heterocycles. The monoisotopic (exact) mass is 322 g/mol. The Morgan fingerprint density at radius 3 is 2.77 bits per heavy atom. The second-order valence-corrected chi connectivity index (χ2v) is 5.52. The molecular weight excluding hydrogens is 306 g/mol. The van der Waals surface area contributed by atoms with E-state index in [0.29, 0.717) is 24.1 Å². The molecule has 2 aromatic rings. The Balaban J connectivity index is 1.99. The zero-order valence-electron chi connectivity index (χ0n) is 12.1. The number of methoxy groups -OCH3 is 1. The molecule has 7 nitrogen and oxygen atoms in total. The Morgan fingerprint density at radius 1 is 1.41 bits per heavy atom. The molecule has 1 aromatic carbocycles. The number of thioether (sulfide) groups is 1. The number of rotatable bonds is 8. The molecule has 0 saturated heterocycles. The molecule has 1 N–H and O–H groups in total.